The van der Waals surface area contributed by atoms with Crippen molar-refractivity contribution in [3.63, 3.8) is 0 Å². The third-order valence-electron chi connectivity index (χ3n) is 2.90. The van der Waals surface area contributed by atoms with Gasteiger partial charge in [-0.3, -0.25) is 9.59 Å². The monoisotopic (exact) mass is 299 g/mol. The van der Waals surface area contributed by atoms with Crippen LogP contribution < -0.4 is 0 Å². The average molecular weight is 300 g/mol. The van der Waals surface area contributed by atoms with Crippen LogP contribution in [0.1, 0.15) is 5.56 Å². The molecule has 1 aliphatic heterocycles. The summed E-state index contributed by atoms with van der Waals surface area (Å²) in [5.74, 6) is -1.51. The van der Waals surface area contributed by atoms with Crippen LogP contribution in [0, 0.1) is 5.92 Å². The number of nitrogens with zero attached hydrogens (tertiary/aromatic N) is 1. The average Bonchev–Trinajstić information content (AvgIpc) is 2.28. The highest BCUT2D eigenvalue weighted by molar-refractivity contribution is 6.42. The molecule has 2 rings (SSSR count). The van der Waals surface area contributed by atoms with Crippen molar-refractivity contribution in [2.24, 2.45) is 5.92 Å². The Morgan fingerprint density at radius 2 is 1.95 bits per heavy atom. The number of carboxylic acids is 1. The summed E-state index contributed by atoms with van der Waals surface area (Å²) in [6.45, 7) is 0.528. The van der Waals surface area contributed by atoms with E-state index in [0.717, 1.165) is 5.56 Å². The van der Waals surface area contributed by atoms with Crippen molar-refractivity contribution in [2.45, 2.75) is 0 Å². The molecule has 19 heavy (non-hydrogen) atoms. The van der Waals surface area contributed by atoms with Gasteiger partial charge in [0.1, 0.15) is 0 Å². The number of carboxylic acid groups (broad SMARTS) is 1. The van der Waals surface area contributed by atoms with Crippen LogP contribution in [-0.4, -0.2) is 35.0 Å². The number of carbonyl (C=O) groups excluding carboxylic acids is 1. The van der Waals surface area contributed by atoms with Crippen LogP contribution in [0.4, 0.5) is 0 Å². The Balaban J connectivity index is 1.94. The standard InChI is InChI=1S/C13H11Cl2NO3/c14-10-3-1-8(5-11(10)15)2-4-12(17)16-6-9(7-16)13(18)19/h1-5,9H,6-7H2,(H,18,19). The predicted octanol–water partition coefficient (Wildman–Crippen LogP) is 2.55. The van der Waals surface area contributed by atoms with Crippen molar-refractivity contribution >= 4 is 41.2 Å². The molecule has 0 aliphatic carbocycles. The smallest absolute Gasteiger partial charge is 0.310 e. The highest BCUT2D eigenvalue weighted by atomic mass is 35.5. The lowest BCUT2D eigenvalue weighted by Crippen LogP contribution is -2.52. The van der Waals surface area contributed by atoms with E-state index in [0.29, 0.717) is 10.0 Å². The SMILES string of the molecule is O=C(O)C1CN(C(=O)C=Cc2ccc(Cl)c(Cl)c2)C1. The summed E-state index contributed by atoms with van der Waals surface area (Å²) < 4.78 is 0. The van der Waals surface area contributed by atoms with Gasteiger partial charge in [0.15, 0.2) is 0 Å². The first-order valence-corrected chi connectivity index (χ1v) is 6.38. The van der Waals surface area contributed by atoms with Gasteiger partial charge in [-0.05, 0) is 23.8 Å². The van der Waals surface area contributed by atoms with Crippen molar-refractivity contribution in [3.05, 3.63) is 39.9 Å². The third-order valence-corrected chi connectivity index (χ3v) is 3.64. The van der Waals surface area contributed by atoms with Crippen molar-refractivity contribution in [1.82, 2.24) is 4.90 Å². The van der Waals surface area contributed by atoms with Crippen LogP contribution in [0.3, 0.4) is 0 Å². The zero-order chi connectivity index (χ0) is 14.0. The molecule has 0 saturated carbocycles. The van der Waals surface area contributed by atoms with E-state index < -0.39 is 11.9 Å². The van der Waals surface area contributed by atoms with E-state index >= 15 is 0 Å². The summed E-state index contributed by atoms with van der Waals surface area (Å²) in [4.78, 5) is 23.8. The Bertz CT molecular complexity index is 551. The molecule has 1 saturated heterocycles. The normalized spacial score (nSPS) is 15.6. The van der Waals surface area contributed by atoms with E-state index in [2.05, 4.69) is 0 Å². The summed E-state index contributed by atoms with van der Waals surface area (Å²) in [5.41, 5.74) is 0.762. The first kappa shape index (κ1) is 13.9. The molecule has 4 nitrogen and oxygen atoms in total. The molecule has 1 aliphatic rings. The van der Waals surface area contributed by atoms with Crippen molar-refractivity contribution in [2.75, 3.05) is 13.1 Å². The minimum absolute atomic E-state index is 0.205. The molecule has 1 amide bonds. The Hall–Kier alpha value is -1.52. The molecule has 0 radical (unpaired) electrons. The number of hydrogen-bond acceptors (Lipinski definition) is 2. The van der Waals surface area contributed by atoms with Gasteiger partial charge in [0, 0.05) is 19.2 Å². The lowest BCUT2D eigenvalue weighted by atomic mass is 10.0. The molecule has 1 aromatic rings. The van der Waals surface area contributed by atoms with E-state index in [-0.39, 0.29) is 19.0 Å². The summed E-state index contributed by atoms with van der Waals surface area (Å²) in [6, 6.07) is 5.05. The molecule has 1 N–H and O–H groups in total. The molecule has 1 fully saturated rings. The molecule has 1 heterocycles. The highest BCUT2D eigenvalue weighted by Gasteiger charge is 2.34. The third kappa shape index (κ3) is 3.28. The van der Waals surface area contributed by atoms with Gasteiger partial charge in [0.05, 0.1) is 16.0 Å². The van der Waals surface area contributed by atoms with Crippen LogP contribution in [0.15, 0.2) is 24.3 Å². The Morgan fingerprint density at radius 1 is 1.26 bits per heavy atom. The first-order valence-electron chi connectivity index (χ1n) is 5.62. The van der Waals surface area contributed by atoms with Gasteiger partial charge < -0.3 is 10.0 Å². The number of amides is 1. The van der Waals surface area contributed by atoms with Crippen LogP contribution in [0.2, 0.25) is 10.0 Å². The number of halogens is 2. The van der Waals surface area contributed by atoms with Gasteiger partial charge in [0.2, 0.25) is 5.91 Å². The second-order valence-electron chi connectivity index (χ2n) is 4.29. The second kappa shape index (κ2) is 5.63. The molecule has 0 spiro atoms. The predicted molar refractivity (Wildman–Crippen MR) is 73.2 cm³/mol. The van der Waals surface area contributed by atoms with Gasteiger partial charge in [-0.2, -0.15) is 0 Å². The number of benzene rings is 1. The van der Waals surface area contributed by atoms with Crippen LogP contribution in [-0.2, 0) is 9.59 Å². The first-order chi connectivity index (χ1) is 8.97. The van der Waals surface area contributed by atoms with E-state index in [1.807, 2.05) is 0 Å². The molecule has 0 aromatic heterocycles. The maximum absolute atomic E-state index is 11.7. The maximum Gasteiger partial charge on any atom is 0.310 e. The van der Waals surface area contributed by atoms with Crippen molar-refractivity contribution < 1.29 is 14.7 Å². The van der Waals surface area contributed by atoms with Crippen molar-refractivity contribution in [1.29, 1.82) is 0 Å². The van der Waals surface area contributed by atoms with Gasteiger partial charge in [0.25, 0.3) is 0 Å². The fraction of sp³-hybridized carbons (Fsp3) is 0.231. The van der Waals surface area contributed by atoms with E-state index in [9.17, 15) is 9.59 Å². The lowest BCUT2D eigenvalue weighted by molar-refractivity contribution is -0.151. The second-order valence-corrected chi connectivity index (χ2v) is 5.10. The Kier molecular flexibility index (Phi) is 4.12. The van der Waals surface area contributed by atoms with Crippen LogP contribution >= 0.6 is 23.2 Å². The lowest BCUT2D eigenvalue weighted by Gasteiger charge is -2.35. The summed E-state index contributed by atoms with van der Waals surface area (Å²) in [5, 5.41) is 9.59. The minimum atomic E-state index is -0.863. The van der Waals surface area contributed by atoms with Crippen LogP contribution in [0.5, 0.6) is 0 Å². The molecule has 0 bridgehead atoms. The Labute approximate surface area is 120 Å². The summed E-state index contributed by atoms with van der Waals surface area (Å²) in [6.07, 6.45) is 3.02. The molecule has 0 unspecified atom stereocenters. The van der Waals surface area contributed by atoms with Crippen LogP contribution in [0.25, 0.3) is 6.08 Å². The Morgan fingerprint density at radius 3 is 2.53 bits per heavy atom. The fourth-order valence-electron chi connectivity index (χ4n) is 1.70. The minimum Gasteiger partial charge on any atom is -0.481 e. The highest BCUT2D eigenvalue weighted by Crippen LogP contribution is 2.23. The largest absolute Gasteiger partial charge is 0.481 e. The summed E-state index contributed by atoms with van der Waals surface area (Å²) >= 11 is 11.6. The quantitative estimate of drug-likeness (QED) is 0.873. The summed E-state index contributed by atoms with van der Waals surface area (Å²) in [7, 11) is 0. The number of hydrogen-bond donors (Lipinski definition) is 1. The molecule has 0 atom stereocenters. The number of likely N-dealkylation sites (tertiary alicyclic amines) is 1. The van der Waals surface area contributed by atoms with Gasteiger partial charge in [-0.1, -0.05) is 29.3 Å². The molecular formula is C13H11Cl2NO3. The molecule has 1 aromatic carbocycles. The van der Waals surface area contributed by atoms with Gasteiger partial charge in [-0.25, -0.2) is 0 Å². The van der Waals surface area contributed by atoms with E-state index in [4.69, 9.17) is 28.3 Å². The molecule has 100 valence electrons. The van der Waals surface area contributed by atoms with E-state index in [1.165, 1.54) is 11.0 Å². The van der Waals surface area contributed by atoms with E-state index in [1.54, 1.807) is 24.3 Å². The number of carbonyl (C=O) groups is 2. The topological polar surface area (TPSA) is 57.6 Å². The maximum atomic E-state index is 11.7. The number of aliphatic carboxylic acids is 1. The molecular weight excluding hydrogens is 289 g/mol. The van der Waals surface area contributed by atoms with Crippen molar-refractivity contribution in [3.8, 4) is 0 Å². The zero-order valence-corrected chi connectivity index (χ0v) is 11.4. The van der Waals surface area contributed by atoms with Gasteiger partial charge >= 0.3 is 5.97 Å². The van der Waals surface area contributed by atoms with Gasteiger partial charge in [-0.15, -0.1) is 0 Å². The fourth-order valence-corrected chi connectivity index (χ4v) is 2.01. The zero-order valence-electron chi connectivity index (χ0n) is 9.85. The number of rotatable bonds is 3. The molecule has 6 heteroatoms.